The van der Waals surface area contributed by atoms with E-state index in [1.807, 2.05) is 13.1 Å². The number of anilines is 1. The standard InChI is InChI=1S/C14H20N6O2S/c1-18-10-7-16-14(18)23(21,22)20-8-4-12(5-9-20)19(2)13-3-6-15-11-17-13/h3,6-7,10-12H,4-5,8-9H2,1-2H3. The van der Waals surface area contributed by atoms with Gasteiger partial charge in [-0.05, 0) is 18.9 Å². The zero-order chi connectivity index (χ0) is 16.4. The van der Waals surface area contributed by atoms with Crippen molar-refractivity contribution in [2.24, 2.45) is 7.05 Å². The van der Waals surface area contributed by atoms with E-state index in [4.69, 9.17) is 0 Å². The monoisotopic (exact) mass is 336 g/mol. The molecule has 124 valence electrons. The third kappa shape index (κ3) is 3.06. The van der Waals surface area contributed by atoms with Crippen LogP contribution in [0.3, 0.4) is 0 Å². The fourth-order valence-electron chi connectivity index (χ4n) is 2.87. The molecule has 0 spiro atoms. The van der Waals surface area contributed by atoms with Crippen LogP contribution >= 0.6 is 0 Å². The first-order valence-corrected chi connectivity index (χ1v) is 8.90. The van der Waals surface area contributed by atoms with E-state index in [9.17, 15) is 8.42 Å². The second-order valence-corrected chi connectivity index (χ2v) is 7.47. The van der Waals surface area contributed by atoms with E-state index >= 15 is 0 Å². The molecule has 0 saturated carbocycles. The summed E-state index contributed by atoms with van der Waals surface area (Å²) in [7, 11) is 0.150. The molecule has 0 unspecified atom stereocenters. The summed E-state index contributed by atoms with van der Waals surface area (Å²) >= 11 is 0. The van der Waals surface area contributed by atoms with Gasteiger partial charge in [-0.1, -0.05) is 0 Å². The van der Waals surface area contributed by atoms with E-state index in [0.717, 1.165) is 18.7 Å². The van der Waals surface area contributed by atoms with Gasteiger partial charge in [-0.25, -0.2) is 23.4 Å². The van der Waals surface area contributed by atoms with Crippen LogP contribution < -0.4 is 4.90 Å². The van der Waals surface area contributed by atoms with Gasteiger partial charge >= 0.3 is 0 Å². The van der Waals surface area contributed by atoms with Crippen LogP contribution in [0, 0.1) is 0 Å². The molecule has 0 aliphatic carbocycles. The summed E-state index contributed by atoms with van der Waals surface area (Å²) in [5.41, 5.74) is 0. The van der Waals surface area contributed by atoms with E-state index in [1.165, 1.54) is 21.4 Å². The molecule has 0 atom stereocenters. The summed E-state index contributed by atoms with van der Waals surface area (Å²) in [5.74, 6) is 0.852. The zero-order valence-electron chi connectivity index (χ0n) is 13.2. The summed E-state index contributed by atoms with van der Waals surface area (Å²) in [4.78, 5) is 14.2. The Balaban J connectivity index is 1.68. The van der Waals surface area contributed by atoms with Gasteiger partial charge in [0.15, 0.2) is 0 Å². The van der Waals surface area contributed by atoms with Gasteiger partial charge in [-0.2, -0.15) is 4.31 Å². The molecule has 9 heteroatoms. The lowest BCUT2D eigenvalue weighted by atomic mass is 10.1. The van der Waals surface area contributed by atoms with Crippen molar-refractivity contribution in [1.82, 2.24) is 23.8 Å². The van der Waals surface area contributed by atoms with Crippen molar-refractivity contribution in [2.45, 2.75) is 24.0 Å². The molecular weight excluding hydrogens is 316 g/mol. The van der Waals surface area contributed by atoms with Crippen molar-refractivity contribution in [3.63, 3.8) is 0 Å². The molecule has 3 rings (SSSR count). The highest BCUT2D eigenvalue weighted by atomic mass is 32.2. The summed E-state index contributed by atoms with van der Waals surface area (Å²) < 4.78 is 28.3. The van der Waals surface area contributed by atoms with Gasteiger partial charge in [0.05, 0.1) is 0 Å². The number of hydrogen-bond donors (Lipinski definition) is 0. The van der Waals surface area contributed by atoms with Crippen molar-refractivity contribution in [3.05, 3.63) is 31.0 Å². The minimum absolute atomic E-state index is 0.0973. The first kappa shape index (κ1) is 15.9. The highest BCUT2D eigenvalue weighted by molar-refractivity contribution is 7.89. The average Bonchev–Trinajstić information content (AvgIpc) is 3.02. The van der Waals surface area contributed by atoms with Crippen molar-refractivity contribution in [1.29, 1.82) is 0 Å². The van der Waals surface area contributed by atoms with Gasteiger partial charge in [0.2, 0.25) is 5.16 Å². The van der Waals surface area contributed by atoms with Crippen LogP contribution in [0.2, 0.25) is 0 Å². The molecule has 2 aromatic heterocycles. The molecule has 8 nitrogen and oxygen atoms in total. The molecule has 1 aliphatic heterocycles. The van der Waals surface area contributed by atoms with Gasteiger partial charge in [0.1, 0.15) is 12.1 Å². The number of piperidine rings is 1. The second kappa shape index (κ2) is 6.25. The molecule has 23 heavy (non-hydrogen) atoms. The minimum atomic E-state index is -3.52. The summed E-state index contributed by atoms with van der Waals surface area (Å²) in [6.45, 7) is 0.963. The van der Waals surface area contributed by atoms with Crippen LogP contribution in [-0.2, 0) is 17.1 Å². The molecular formula is C14H20N6O2S. The summed E-state index contributed by atoms with van der Waals surface area (Å²) in [6, 6.07) is 2.12. The topological polar surface area (TPSA) is 84.2 Å². The van der Waals surface area contributed by atoms with Gasteiger partial charge in [-0.15, -0.1) is 0 Å². The third-order valence-electron chi connectivity index (χ3n) is 4.25. The number of sulfonamides is 1. The highest BCUT2D eigenvalue weighted by Gasteiger charge is 2.33. The van der Waals surface area contributed by atoms with E-state index in [-0.39, 0.29) is 11.2 Å². The maximum atomic E-state index is 12.6. The van der Waals surface area contributed by atoms with Gasteiger partial charge in [0.25, 0.3) is 10.0 Å². The Morgan fingerprint density at radius 1 is 1.22 bits per heavy atom. The number of aromatic nitrogens is 4. The van der Waals surface area contributed by atoms with Crippen LogP contribution in [-0.4, -0.2) is 58.4 Å². The van der Waals surface area contributed by atoms with Crippen molar-refractivity contribution >= 4 is 15.8 Å². The third-order valence-corrected chi connectivity index (χ3v) is 6.15. The molecule has 0 bridgehead atoms. The van der Waals surface area contributed by atoms with Crippen LogP contribution in [0.4, 0.5) is 5.82 Å². The molecule has 0 radical (unpaired) electrons. The Hall–Kier alpha value is -2.00. The normalized spacial score (nSPS) is 17.3. The SMILES string of the molecule is CN(c1ccncn1)C1CCN(S(=O)(=O)c2nccn2C)CC1. The molecule has 0 aromatic carbocycles. The molecule has 3 heterocycles. The van der Waals surface area contributed by atoms with E-state index in [1.54, 1.807) is 19.4 Å². The molecule has 1 saturated heterocycles. The van der Waals surface area contributed by atoms with Crippen LogP contribution in [0.25, 0.3) is 0 Å². The molecule has 1 fully saturated rings. The Kier molecular flexibility index (Phi) is 4.31. The van der Waals surface area contributed by atoms with E-state index in [0.29, 0.717) is 13.1 Å². The number of aryl methyl sites for hydroxylation is 1. The first-order valence-electron chi connectivity index (χ1n) is 7.46. The Morgan fingerprint density at radius 2 is 1.96 bits per heavy atom. The predicted octanol–water partition coefficient (Wildman–Crippen LogP) is 0.500. The van der Waals surface area contributed by atoms with Crippen molar-refractivity contribution in [3.8, 4) is 0 Å². The lowest BCUT2D eigenvalue weighted by Crippen LogP contribution is -2.46. The van der Waals surface area contributed by atoms with Crippen LogP contribution in [0.5, 0.6) is 0 Å². The number of hydrogen-bond acceptors (Lipinski definition) is 6. The fraction of sp³-hybridized carbons (Fsp3) is 0.500. The quantitative estimate of drug-likeness (QED) is 0.808. The number of rotatable bonds is 4. The zero-order valence-corrected chi connectivity index (χ0v) is 14.0. The summed E-state index contributed by atoms with van der Waals surface area (Å²) in [5, 5.41) is 0.0973. The maximum Gasteiger partial charge on any atom is 0.277 e. The maximum absolute atomic E-state index is 12.6. The molecule has 2 aromatic rings. The number of nitrogens with zero attached hydrogens (tertiary/aromatic N) is 6. The van der Waals surface area contributed by atoms with Gasteiger partial charge in [-0.3, -0.25) is 0 Å². The Morgan fingerprint density at radius 3 is 2.52 bits per heavy atom. The smallest absolute Gasteiger partial charge is 0.277 e. The average molecular weight is 336 g/mol. The van der Waals surface area contributed by atoms with Crippen molar-refractivity contribution in [2.75, 3.05) is 25.0 Å². The predicted molar refractivity (Wildman–Crippen MR) is 85.4 cm³/mol. The number of imidazole rings is 1. The Bertz CT molecular complexity index is 753. The van der Waals surface area contributed by atoms with Gasteiger partial charge in [0, 0.05) is 51.8 Å². The molecule has 0 N–H and O–H groups in total. The lowest BCUT2D eigenvalue weighted by Gasteiger charge is -2.36. The van der Waals surface area contributed by atoms with E-state index < -0.39 is 10.0 Å². The summed E-state index contributed by atoms with van der Waals surface area (Å²) in [6.07, 6.45) is 7.88. The largest absolute Gasteiger partial charge is 0.356 e. The molecule has 0 amide bonds. The van der Waals surface area contributed by atoms with Gasteiger partial charge < -0.3 is 9.47 Å². The van der Waals surface area contributed by atoms with E-state index in [2.05, 4.69) is 19.9 Å². The Labute approximate surface area is 135 Å². The fourth-order valence-corrected chi connectivity index (χ4v) is 4.41. The molecule has 1 aliphatic rings. The van der Waals surface area contributed by atoms with Crippen LogP contribution in [0.1, 0.15) is 12.8 Å². The minimum Gasteiger partial charge on any atom is -0.356 e. The van der Waals surface area contributed by atoms with Crippen LogP contribution in [0.15, 0.2) is 36.1 Å². The van der Waals surface area contributed by atoms with Crippen molar-refractivity contribution < 1.29 is 8.42 Å². The first-order chi connectivity index (χ1) is 11.0. The second-order valence-electron chi connectivity index (χ2n) is 5.63. The lowest BCUT2D eigenvalue weighted by molar-refractivity contribution is 0.311. The highest BCUT2D eigenvalue weighted by Crippen LogP contribution is 2.23.